The van der Waals surface area contributed by atoms with E-state index in [9.17, 15) is 22.4 Å². The number of carbonyl (C=O) groups is 1. The molecule has 1 N–H and O–H groups in total. The number of hydrogen-bond acceptors (Lipinski definition) is 3. The number of alkyl halides is 3. The molecule has 4 rings (SSSR count). The van der Waals surface area contributed by atoms with Gasteiger partial charge in [-0.2, -0.15) is 13.2 Å². The smallest absolute Gasteiger partial charge is 0.419 e. The van der Waals surface area contributed by atoms with Crippen LogP contribution < -0.4 is 10.1 Å². The average molecular weight is 394 g/mol. The molecule has 28 heavy (non-hydrogen) atoms. The van der Waals surface area contributed by atoms with Crippen LogP contribution in [-0.4, -0.2) is 30.4 Å². The Bertz CT molecular complexity index is 910. The molecular weight excluding hydrogens is 376 g/mol. The predicted molar refractivity (Wildman–Crippen MR) is 93.4 cm³/mol. The van der Waals surface area contributed by atoms with Crippen LogP contribution in [0.4, 0.5) is 17.6 Å². The van der Waals surface area contributed by atoms with E-state index in [1.807, 2.05) is 11.0 Å². The van der Waals surface area contributed by atoms with Gasteiger partial charge in [0.1, 0.15) is 17.3 Å². The molecule has 2 aliphatic rings. The third kappa shape index (κ3) is 3.69. The van der Waals surface area contributed by atoms with Gasteiger partial charge in [-0.15, -0.1) is 0 Å². The SMILES string of the molecule is O=C(C1CNC1)N1CCc2ccc(Oc3ccc(C(F)(F)F)c(F)c3)cc2C1. The van der Waals surface area contributed by atoms with Crippen LogP contribution in [0.3, 0.4) is 0 Å². The number of nitrogens with zero attached hydrogens (tertiary/aromatic N) is 1. The lowest BCUT2D eigenvalue weighted by molar-refractivity contribution is -0.140. The van der Waals surface area contributed by atoms with Crippen LogP contribution in [-0.2, 0) is 23.9 Å². The first-order chi connectivity index (χ1) is 13.3. The van der Waals surface area contributed by atoms with E-state index in [0.29, 0.717) is 38.0 Å². The third-order valence-electron chi connectivity index (χ3n) is 5.11. The highest BCUT2D eigenvalue weighted by atomic mass is 19.4. The first-order valence-electron chi connectivity index (χ1n) is 8.97. The monoisotopic (exact) mass is 394 g/mol. The summed E-state index contributed by atoms with van der Waals surface area (Å²) in [5, 5.41) is 3.09. The average Bonchev–Trinajstić information content (AvgIpc) is 2.58. The first-order valence-corrected chi connectivity index (χ1v) is 8.97. The lowest BCUT2D eigenvalue weighted by Crippen LogP contribution is -2.52. The maximum atomic E-state index is 13.7. The van der Waals surface area contributed by atoms with Crippen LogP contribution in [0, 0.1) is 11.7 Å². The van der Waals surface area contributed by atoms with Crippen LogP contribution in [0.1, 0.15) is 16.7 Å². The lowest BCUT2D eigenvalue weighted by atomic mass is 9.96. The van der Waals surface area contributed by atoms with Crippen molar-refractivity contribution in [1.29, 1.82) is 0 Å². The molecule has 0 atom stereocenters. The Kier molecular flexibility index (Phi) is 4.74. The Hall–Kier alpha value is -2.61. The maximum absolute atomic E-state index is 13.7. The van der Waals surface area contributed by atoms with E-state index in [1.54, 1.807) is 12.1 Å². The summed E-state index contributed by atoms with van der Waals surface area (Å²) in [6.45, 7) is 2.52. The first kappa shape index (κ1) is 18.7. The highest BCUT2D eigenvalue weighted by Gasteiger charge is 2.34. The molecule has 0 spiro atoms. The highest BCUT2D eigenvalue weighted by Crippen LogP contribution is 2.34. The number of rotatable bonds is 3. The molecule has 1 saturated heterocycles. The summed E-state index contributed by atoms with van der Waals surface area (Å²) >= 11 is 0. The zero-order valence-corrected chi connectivity index (χ0v) is 14.9. The van der Waals surface area contributed by atoms with Gasteiger partial charge in [-0.05, 0) is 41.8 Å². The molecule has 0 aromatic heterocycles. The fraction of sp³-hybridized carbons (Fsp3) is 0.350. The van der Waals surface area contributed by atoms with E-state index in [1.165, 1.54) is 0 Å². The van der Waals surface area contributed by atoms with Crippen LogP contribution in [0.5, 0.6) is 11.5 Å². The van der Waals surface area contributed by atoms with Gasteiger partial charge in [0, 0.05) is 32.2 Å². The molecule has 0 aliphatic carbocycles. The Balaban J connectivity index is 1.50. The fourth-order valence-electron chi connectivity index (χ4n) is 3.43. The van der Waals surface area contributed by atoms with E-state index in [0.717, 1.165) is 29.7 Å². The molecular formula is C20H18F4N2O2. The number of benzene rings is 2. The zero-order valence-electron chi connectivity index (χ0n) is 14.9. The van der Waals surface area contributed by atoms with Gasteiger partial charge in [0.2, 0.25) is 5.91 Å². The van der Waals surface area contributed by atoms with Crippen molar-refractivity contribution in [3.05, 3.63) is 58.9 Å². The third-order valence-corrected chi connectivity index (χ3v) is 5.11. The topological polar surface area (TPSA) is 41.6 Å². The largest absolute Gasteiger partial charge is 0.457 e. The summed E-state index contributed by atoms with van der Waals surface area (Å²) in [4.78, 5) is 14.3. The number of amides is 1. The van der Waals surface area contributed by atoms with Gasteiger partial charge in [-0.25, -0.2) is 4.39 Å². The molecule has 1 amide bonds. The van der Waals surface area contributed by atoms with Gasteiger partial charge in [-0.1, -0.05) is 6.07 Å². The second-order valence-electron chi connectivity index (χ2n) is 7.04. The minimum atomic E-state index is -4.75. The normalized spacial score (nSPS) is 17.1. The van der Waals surface area contributed by atoms with Crippen LogP contribution in [0.25, 0.3) is 0 Å². The van der Waals surface area contributed by atoms with E-state index in [4.69, 9.17) is 4.74 Å². The molecule has 1 fully saturated rings. The van der Waals surface area contributed by atoms with Crippen molar-refractivity contribution in [2.75, 3.05) is 19.6 Å². The number of fused-ring (bicyclic) bond motifs is 1. The summed E-state index contributed by atoms with van der Waals surface area (Å²) in [6.07, 6.45) is -4.02. The Morgan fingerprint density at radius 1 is 1.07 bits per heavy atom. The summed E-state index contributed by atoms with van der Waals surface area (Å²) < 4.78 is 57.3. The van der Waals surface area contributed by atoms with E-state index < -0.39 is 17.6 Å². The fourth-order valence-corrected chi connectivity index (χ4v) is 3.43. The van der Waals surface area contributed by atoms with E-state index in [-0.39, 0.29) is 17.6 Å². The standard InChI is InChI=1S/C20H18F4N2O2/c21-18-8-16(3-4-17(18)20(22,23)24)28-15-2-1-12-5-6-26(11-13(12)7-15)19(27)14-9-25-10-14/h1-4,7-8,14,25H,5-6,9-11H2. The van der Waals surface area contributed by atoms with Gasteiger partial charge in [0.15, 0.2) is 0 Å². The summed E-state index contributed by atoms with van der Waals surface area (Å²) in [5.74, 6) is -0.863. The summed E-state index contributed by atoms with van der Waals surface area (Å²) in [6, 6.07) is 7.80. The molecule has 0 unspecified atom stereocenters. The van der Waals surface area contributed by atoms with Crippen LogP contribution in [0.2, 0.25) is 0 Å². The van der Waals surface area contributed by atoms with Gasteiger partial charge in [0.25, 0.3) is 0 Å². The summed E-state index contributed by atoms with van der Waals surface area (Å²) in [7, 11) is 0. The quantitative estimate of drug-likeness (QED) is 0.807. The Morgan fingerprint density at radius 2 is 1.79 bits per heavy atom. The minimum absolute atomic E-state index is 0.0188. The van der Waals surface area contributed by atoms with Gasteiger partial charge < -0.3 is 15.0 Å². The van der Waals surface area contributed by atoms with Crippen molar-refractivity contribution < 1.29 is 27.1 Å². The van der Waals surface area contributed by atoms with Crippen molar-refractivity contribution in [3.8, 4) is 11.5 Å². The number of carbonyl (C=O) groups excluding carboxylic acids is 1. The summed E-state index contributed by atoms with van der Waals surface area (Å²) in [5.41, 5.74) is 0.698. The predicted octanol–water partition coefficient (Wildman–Crippen LogP) is 3.74. The lowest BCUT2D eigenvalue weighted by Gasteiger charge is -2.35. The van der Waals surface area contributed by atoms with Crippen molar-refractivity contribution in [2.45, 2.75) is 19.1 Å². The van der Waals surface area contributed by atoms with Crippen molar-refractivity contribution >= 4 is 5.91 Å². The Morgan fingerprint density at radius 3 is 2.43 bits per heavy atom. The second-order valence-corrected chi connectivity index (χ2v) is 7.04. The second kappa shape index (κ2) is 7.09. The molecule has 2 aromatic rings. The molecule has 4 nitrogen and oxygen atoms in total. The molecule has 2 heterocycles. The van der Waals surface area contributed by atoms with Crippen molar-refractivity contribution in [3.63, 3.8) is 0 Å². The van der Waals surface area contributed by atoms with E-state index >= 15 is 0 Å². The minimum Gasteiger partial charge on any atom is -0.457 e. The van der Waals surface area contributed by atoms with Gasteiger partial charge >= 0.3 is 6.18 Å². The van der Waals surface area contributed by atoms with Crippen molar-refractivity contribution in [2.24, 2.45) is 5.92 Å². The maximum Gasteiger partial charge on any atom is 0.419 e. The molecule has 0 radical (unpaired) electrons. The number of hydrogen-bond donors (Lipinski definition) is 1. The van der Waals surface area contributed by atoms with Gasteiger partial charge in [0.05, 0.1) is 11.5 Å². The highest BCUT2D eigenvalue weighted by molar-refractivity contribution is 5.80. The van der Waals surface area contributed by atoms with Crippen LogP contribution >= 0.6 is 0 Å². The van der Waals surface area contributed by atoms with E-state index in [2.05, 4.69) is 5.32 Å². The zero-order chi connectivity index (χ0) is 19.9. The number of nitrogens with one attached hydrogen (secondary N) is 1. The molecule has 2 aliphatic heterocycles. The molecule has 148 valence electrons. The van der Waals surface area contributed by atoms with Gasteiger partial charge in [-0.3, -0.25) is 4.79 Å². The molecule has 8 heteroatoms. The number of ether oxygens (including phenoxy) is 1. The number of halogens is 4. The van der Waals surface area contributed by atoms with Crippen molar-refractivity contribution in [1.82, 2.24) is 10.2 Å². The molecule has 0 bridgehead atoms. The Labute approximate surface area is 159 Å². The molecule has 0 saturated carbocycles. The van der Waals surface area contributed by atoms with Crippen LogP contribution in [0.15, 0.2) is 36.4 Å². The molecule has 2 aromatic carbocycles.